The van der Waals surface area contributed by atoms with E-state index in [1.165, 1.54) is 64.2 Å². The van der Waals surface area contributed by atoms with Crippen LogP contribution in [0.1, 0.15) is 90.9 Å². The van der Waals surface area contributed by atoms with Crippen molar-refractivity contribution < 1.29 is 9.47 Å². The average Bonchev–Trinajstić information content (AvgIpc) is 2.82. The maximum Gasteiger partial charge on any atom is 0.213 e. The van der Waals surface area contributed by atoms with Crippen LogP contribution in [0.5, 0.6) is 11.8 Å². The van der Waals surface area contributed by atoms with Crippen LogP contribution in [0.15, 0.2) is 36.4 Å². The lowest BCUT2D eigenvalue weighted by molar-refractivity contribution is 0.294. The Labute approximate surface area is 193 Å². The molecule has 174 valence electrons. The smallest absolute Gasteiger partial charge is 0.213 e. The standard InChI is InChI=1S/C28H40N2O2/c1-3-5-7-9-11-13-21-31-27-19-15-23-24-16-20-28(30-26(24)18-17-25(23)29-27)32-22-14-12-10-8-6-4-2/h15-20H,3-14,21-22H2,1-2H3. The minimum Gasteiger partial charge on any atom is -0.478 e. The van der Waals surface area contributed by atoms with Gasteiger partial charge in [-0.25, -0.2) is 9.97 Å². The Morgan fingerprint density at radius 3 is 1.34 bits per heavy atom. The first-order valence-corrected chi connectivity index (χ1v) is 12.8. The van der Waals surface area contributed by atoms with Gasteiger partial charge in [0.25, 0.3) is 0 Å². The zero-order valence-electron chi connectivity index (χ0n) is 20.1. The zero-order valence-corrected chi connectivity index (χ0v) is 20.1. The Morgan fingerprint density at radius 2 is 0.906 bits per heavy atom. The molecule has 0 spiro atoms. The van der Waals surface area contributed by atoms with Crippen LogP contribution in [0.3, 0.4) is 0 Å². The second-order valence-corrected chi connectivity index (χ2v) is 8.73. The van der Waals surface area contributed by atoms with Crippen molar-refractivity contribution in [2.45, 2.75) is 90.9 Å². The van der Waals surface area contributed by atoms with Crippen molar-refractivity contribution in [3.05, 3.63) is 36.4 Å². The van der Waals surface area contributed by atoms with E-state index in [4.69, 9.17) is 19.4 Å². The van der Waals surface area contributed by atoms with E-state index in [0.29, 0.717) is 11.8 Å². The molecule has 0 radical (unpaired) electrons. The Hall–Kier alpha value is -2.36. The van der Waals surface area contributed by atoms with Gasteiger partial charge < -0.3 is 9.47 Å². The molecular formula is C28H40N2O2. The molecule has 0 atom stereocenters. The molecule has 4 nitrogen and oxygen atoms in total. The van der Waals surface area contributed by atoms with Gasteiger partial charge in [0.05, 0.1) is 24.2 Å². The summed E-state index contributed by atoms with van der Waals surface area (Å²) < 4.78 is 11.8. The van der Waals surface area contributed by atoms with Crippen LogP contribution in [0, 0.1) is 0 Å². The lowest BCUT2D eigenvalue weighted by Crippen LogP contribution is -2.00. The Balaban J connectivity index is 1.51. The fraction of sp³-hybridized carbons (Fsp3) is 0.571. The predicted molar refractivity (Wildman–Crippen MR) is 135 cm³/mol. The lowest BCUT2D eigenvalue weighted by Gasteiger charge is -2.09. The highest BCUT2D eigenvalue weighted by molar-refractivity contribution is 6.04. The van der Waals surface area contributed by atoms with Gasteiger partial charge in [-0.1, -0.05) is 78.1 Å². The summed E-state index contributed by atoms with van der Waals surface area (Å²) in [5.74, 6) is 1.41. The van der Waals surface area contributed by atoms with E-state index < -0.39 is 0 Å². The maximum absolute atomic E-state index is 5.89. The fourth-order valence-corrected chi connectivity index (χ4v) is 4.06. The number of pyridine rings is 2. The molecule has 0 fully saturated rings. The van der Waals surface area contributed by atoms with Crippen molar-refractivity contribution in [1.29, 1.82) is 0 Å². The number of unbranched alkanes of at least 4 members (excludes halogenated alkanes) is 10. The number of benzene rings is 1. The van der Waals surface area contributed by atoms with Gasteiger partial charge in [0, 0.05) is 22.9 Å². The van der Waals surface area contributed by atoms with Crippen LogP contribution in [0.25, 0.3) is 21.8 Å². The van der Waals surface area contributed by atoms with E-state index in [1.807, 2.05) is 24.3 Å². The summed E-state index contributed by atoms with van der Waals surface area (Å²) in [6, 6.07) is 12.2. The number of fused-ring (bicyclic) bond motifs is 3. The molecule has 0 N–H and O–H groups in total. The topological polar surface area (TPSA) is 44.2 Å². The molecule has 3 aromatic rings. The Morgan fingerprint density at radius 1 is 0.500 bits per heavy atom. The van der Waals surface area contributed by atoms with Crippen molar-refractivity contribution >= 4 is 21.8 Å². The third-order valence-electron chi connectivity index (χ3n) is 5.98. The summed E-state index contributed by atoms with van der Waals surface area (Å²) in [6.45, 7) is 5.97. The summed E-state index contributed by atoms with van der Waals surface area (Å²) in [6.07, 6.45) is 15.1. The summed E-state index contributed by atoms with van der Waals surface area (Å²) in [7, 11) is 0. The van der Waals surface area contributed by atoms with E-state index in [1.54, 1.807) is 0 Å². The number of ether oxygens (including phenoxy) is 2. The van der Waals surface area contributed by atoms with Crippen LogP contribution in [0.2, 0.25) is 0 Å². The van der Waals surface area contributed by atoms with Gasteiger partial charge in [-0.15, -0.1) is 0 Å². The van der Waals surface area contributed by atoms with Crippen molar-refractivity contribution in [3.63, 3.8) is 0 Å². The number of hydrogen-bond acceptors (Lipinski definition) is 4. The molecule has 3 rings (SSSR count). The van der Waals surface area contributed by atoms with Crippen LogP contribution in [-0.2, 0) is 0 Å². The predicted octanol–water partition coefficient (Wildman–Crippen LogP) is 8.26. The molecule has 1 aromatic carbocycles. The second-order valence-electron chi connectivity index (χ2n) is 8.73. The molecule has 4 heteroatoms. The van der Waals surface area contributed by atoms with Gasteiger partial charge in [0.1, 0.15) is 0 Å². The zero-order chi connectivity index (χ0) is 22.4. The monoisotopic (exact) mass is 436 g/mol. The largest absolute Gasteiger partial charge is 0.478 e. The molecule has 0 aliphatic rings. The summed E-state index contributed by atoms with van der Waals surface area (Å²) in [4.78, 5) is 9.41. The van der Waals surface area contributed by atoms with Gasteiger partial charge in [0.15, 0.2) is 0 Å². The van der Waals surface area contributed by atoms with Crippen molar-refractivity contribution in [2.24, 2.45) is 0 Å². The van der Waals surface area contributed by atoms with E-state index in [9.17, 15) is 0 Å². The van der Waals surface area contributed by atoms with E-state index in [-0.39, 0.29) is 0 Å². The van der Waals surface area contributed by atoms with Gasteiger partial charge in [-0.2, -0.15) is 0 Å². The molecule has 0 saturated heterocycles. The Bertz CT molecular complexity index is 865. The number of rotatable bonds is 16. The van der Waals surface area contributed by atoms with Crippen molar-refractivity contribution in [3.8, 4) is 11.8 Å². The molecule has 2 heterocycles. The van der Waals surface area contributed by atoms with E-state index in [0.717, 1.165) is 47.9 Å². The third-order valence-corrected chi connectivity index (χ3v) is 5.98. The van der Waals surface area contributed by atoms with Crippen LogP contribution in [-0.4, -0.2) is 23.2 Å². The second kappa shape index (κ2) is 13.9. The molecule has 0 saturated carbocycles. The molecule has 0 amide bonds. The minimum atomic E-state index is 0.706. The first-order valence-electron chi connectivity index (χ1n) is 12.8. The summed E-state index contributed by atoms with van der Waals surface area (Å²) in [5, 5.41) is 2.20. The quantitative estimate of drug-likeness (QED) is 0.167. The van der Waals surface area contributed by atoms with Crippen LogP contribution < -0.4 is 9.47 Å². The van der Waals surface area contributed by atoms with Gasteiger partial charge in [-0.3, -0.25) is 0 Å². The first kappa shape index (κ1) is 24.3. The molecule has 0 aliphatic carbocycles. The maximum atomic E-state index is 5.89. The number of aromatic nitrogens is 2. The SMILES string of the molecule is CCCCCCCCOc1ccc2c(ccc3nc(OCCCCCCCC)ccc32)n1. The molecular weight excluding hydrogens is 396 g/mol. The van der Waals surface area contributed by atoms with Crippen LogP contribution >= 0.6 is 0 Å². The summed E-state index contributed by atoms with van der Waals surface area (Å²) in [5.41, 5.74) is 1.89. The highest BCUT2D eigenvalue weighted by Gasteiger charge is 2.07. The van der Waals surface area contributed by atoms with Gasteiger partial charge in [0.2, 0.25) is 11.8 Å². The highest BCUT2D eigenvalue weighted by Crippen LogP contribution is 2.27. The molecule has 0 unspecified atom stereocenters. The van der Waals surface area contributed by atoms with Gasteiger partial charge >= 0.3 is 0 Å². The van der Waals surface area contributed by atoms with Crippen molar-refractivity contribution in [1.82, 2.24) is 9.97 Å². The highest BCUT2D eigenvalue weighted by atomic mass is 16.5. The van der Waals surface area contributed by atoms with Crippen molar-refractivity contribution in [2.75, 3.05) is 13.2 Å². The molecule has 2 aromatic heterocycles. The van der Waals surface area contributed by atoms with Gasteiger partial charge in [-0.05, 0) is 37.1 Å². The lowest BCUT2D eigenvalue weighted by atomic mass is 10.1. The first-order chi connectivity index (χ1) is 15.8. The Kier molecular flexibility index (Phi) is 10.6. The molecule has 0 bridgehead atoms. The van der Waals surface area contributed by atoms with Crippen LogP contribution in [0.4, 0.5) is 0 Å². The third kappa shape index (κ3) is 7.65. The summed E-state index contributed by atoms with van der Waals surface area (Å²) >= 11 is 0. The fourth-order valence-electron chi connectivity index (χ4n) is 4.06. The minimum absolute atomic E-state index is 0.706. The average molecular weight is 437 g/mol. The van der Waals surface area contributed by atoms with E-state index in [2.05, 4.69) is 26.0 Å². The number of hydrogen-bond donors (Lipinski definition) is 0. The number of nitrogens with zero attached hydrogens (tertiary/aromatic N) is 2. The molecule has 0 aliphatic heterocycles. The molecule has 32 heavy (non-hydrogen) atoms. The normalized spacial score (nSPS) is 11.3. The van der Waals surface area contributed by atoms with E-state index >= 15 is 0 Å².